The lowest BCUT2D eigenvalue weighted by Crippen LogP contribution is -2.36. The molecule has 24 heavy (non-hydrogen) atoms. The lowest BCUT2D eigenvalue weighted by Gasteiger charge is -2.22. The van der Waals surface area contributed by atoms with E-state index in [0.717, 1.165) is 19.4 Å². The Morgan fingerprint density at radius 1 is 1.21 bits per heavy atom. The summed E-state index contributed by atoms with van der Waals surface area (Å²) in [6.07, 6.45) is 2.24. The normalized spacial score (nSPS) is 18.3. The minimum absolute atomic E-state index is 0.00191. The van der Waals surface area contributed by atoms with E-state index in [9.17, 15) is 4.79 Å². The fourth-order valence-electron chi connectivity index (χ4n) is 3.02. The van der Waals surface area contributed by atoms with Gasteiger partial charge in [0.15, 0.2) is 5.78 Å². The average Bonchev–Trinajstić information content (AvgIpc) is 3.12. The molecule has 2 aromatic rings. The molecule has 2 aromatic carbocycles. The van der Waals surface area contributed by atoms with Gasteiger partial charge in [-0.3, -0.25) is 4.79 Å². The summed E-state index contributed by atoms with van der Waals surface area (Å²) in [5.41, 5.74) is 13.5. The van der Waals surface area contributed by atoms with Crippen LogP contribution in [-0.4, -0.2) is 24.5 Å². The third-order valence-corrected chi connectivity index (χ3v) is 4.46. The van der Waals surface area contributed by atoms with Crippen LogP contribution in [0.1, 0.15) is 35.7 Å². The maximum atomic E-state index is 12.8. The summed E-state index contributed by atoms with van der Waals surface area (Å²) in [6, 6.07) is 12.6. The van der Waals surface area contributed by atoms with Crippen LogP contribution in [0, 0.1) is 0 Å². The van der Waals surface area contributed by atoms with Crippen LogP contribution in [-0.2, 0) is 0 Å². The van der Waals surface area contributed by atoms with E-state index in [1.807, 2.05) is 25.1 Å². The van der Waals surface area contributed by atoms with E-state index in [-0.39, 0.29) is 11.9 Å². The van der Waals surface area contributed by atoms with Crippen LogP contribution in [0.5, 0.6) is 5.75 Å². The van der Waals surface area contributed by atoms with Gasteiger partial charge in [-0.05, 0) is 56.6 Å². The van der Waals surface area contributed by atoms with E-state index in [0.29, 0.717) is 34.3 Å². The number of hydrogen-bond acceptors (Lipinski definition) is 5. The van der Waals surface area contributed by atoms with Crippen LogP contribution >= 0.6 is 0 Å². The molecular formula is C19H23N3O2. The molecule has 0 aromatic heterocycles. The van der Waals surface area contributed by atoms with E-state index >= 15 is 0 Å². The summed E-state index contributed by atoms with van der Waals surface area (Å²) in [4.78, 5) is 12.8. The molecule has 0 spiro atoms. The zero-order valence-corrected chi connectivity index (χ0v) is 13.8. The molecule has 2 atom stereocenters. The van der Waals surface area contributed by atoms with Gasteiger partial charge in [-0.1, -0.05) is 12.1 Å². The Bertz CT molecular complexity index is 739. The van der Waals surface area contributed by atoms with Crippen molar-refractivity contribution in [1.29, 1.82) is 0 Å². The molecule has 0 saturated carbocycles. The van der Waals surface area contributed by atoms with Crippen molar-refractivity contribution in [2.24, 2.45) is 0 Å². The Labute approximate surface area is 142 Å². The lowest BCUT2D eigenvalue weighted by atomic mass is 10.0. The Hall–Kier alpha value is -2.53. The third kappa shape index (κ3) is 3.36. The summed E-state index contributed by atoms with van der Waals surface area (Å²) in [5.74, 6) is 0.475. The zero-order chi connectivity index (χ0) is 17.1. The van der Waals surface area contributed by atoms with E-state index in [1.165, 1.54) is 0 Å². The number of nitrogen functional groups attached to an aromatic ring is 2. The number of ether oxygens (including phenoxy) is 1. The fraction of sp³-hybridized carbons (Fsp3) is 0.316. The van der Waals surface area contributed by atoms with Crippen molar-refractivity contribution < 1.29 is 9.53 Å². The maximum Gasteiger partial charge on any atom is 0.196 e. The second-order valence-electron chi connectivity index (χ2n) is 6.19. The highest BCUT2D eigenvalue weighted by atomic mass is 16.5. The number of ketones is 1. The number of anilines is 2. The molecule has 1 heterocycles. The second-order valence-corrected chi connectivity index (χ2v) is 6.19. The first-order valence-electron chi connectivity index (χ1n) is 8.25. The van der Waals surface area contributed by atoms with Crippen LogP contribution in [0.3, 0.4) is 0 Å². The van der Waals surface area contributed by atoms with Crippen LogP contribution in [0.2, 0.25) is 0 Å². The molecule has 5 heteroatoms. The number of benzene rings is 2. The topological polar surface area (TPSA) is 90.4 Å². The molecule has 1 aliphatic heterocycles. The largest absolute Gasteiger partial charge is 0.488 e. The molecule has 3 rings (SSSR count). The quantitative estimate of drug-likeness (QED) is 0.581. The Kier molecular flexibility index (Phi) is 4.71. The van der Waals surface area contributed by atoms with Gasteiger partial charge in [0.05, 0.1) is 16.9 Å². The van der Waals surface area contributed by atoms with Gasteiger partial charge >= 0.3 is 0 Å². The van der Waals surface area contributed by atoms with E-state index in [2.05, 4.69) is 5.32 Å². The highest BCUT2D eigenvalue weighted by Crippen LogP contribution is 2.26. The van der Waals surface area contributed by atoms with Gasteiger partial charge in [-0.15, -0.1) is 0 Å². The predicted molar refractivity (Wildman–Crippen MR) is 96.3 cm³/mol. The molecule has 2 unspecified atom stereocenters. The number of carbonyl (C=O) groups is 1. The minimum Gasteiger partial charge on any atom is -0.488 e. The van der Waals surface area contributed by atoms with Gasteiger partial charge in [-0.2, -0.15) is 0 Å². The standard InChI is InChI=1S/C19H23N3O2/c1-12(17-6-4-10-22-17)24-18-7-3-2-5-14(18)19(23)13-8-9-15(20)16(21)11-13/h2-3,5,7-9,11-12,17,22H,4,6,10,20-21H2,1H3. The molecule has 0 radical (unpaired) electrons. The first kappa shape index (κ1) is 16.3. The highest BCUT2D eigenvalue weighted by Gasteiger charge is 2.24. The summed E-state index contributed by atoms with van der Waals surface area (Å²) < 4.78 is 6.09. The Balaban J connectivity index is 1.85. The van der Waals surface area contributed by atoms with Crippen LogP contribution in [0.15, 0.2) is 42.5 Å². The molecule has 0 amide bonds. The predicted octanol–water partition coefficient (Wildman–Crippen LogP) is 2.60. The molecule has 1 fully saturated rings. The Morgan fingerprint density at radius 3 is 2.71 bits per heavy atom. The van der Waals surface area contributed by atoms with Crippen LogP contribution in [0.4, 0.5) is 11.4 Å². The molecule has 5 N–H and O–H groups in total. The second kappa shape index (κ2) is 6.93. The molecular weight excluding hydrogens is 302 g/mol. The number of nitrogens with two attached hydrogens (primary N) is 2. The van der Waals surface area contributed by atoms with Crippen molar-refractivity contribution in [2.75, 3.05) is 18.0 Å². The molecule has 0 bridgehead atoms. The van der Waals surface area contributed by atoms with Gasteiger partial charge in [0.25, 0.3) is 0 Å². The molecule has 1 saturated heterocycles. The molecule has 0 aliphatic carbocycles. The van der Waals surface area contributed by atoms with Gasteiger partial charge in [0, 0.05) is 11.6 Å². The van der Waals surface area contributed by atoms with E-state index in [4.69, 9.17) is 16.2 Å². The monoisotopic (exact) mass is 325 g/mol. The summed E-state index contributed by atoms with van der Waals surface area (Å²) in [5, 5.41) is 3.43. The van der Waals surface area contributed by atoms with Crippen molar-refractivity contribution in [3.8, 4) is 5.75 Å². The number of rotatable bonds is 5. The maximum absolute atomic E-state index is 12.8. The van der Waals surface area contributed by atoms with Gasteiger partial charge in [-0.25, -0.2) is 0 Å². The average molecular weight is 325 g/mol. The first-order valence-corrected chi connectivity index (χ1v) is 8.25. The fourth-order valence-corrected chi connectivity index (χ4v) is 3.02. The summed E-state index contributed by atoms with van der Waals surface area (Å²) in [7, 11) is 0. The van der Waals surface area contributed by atoms with Gasteiger partial charge in [0.2, 0.25) is 0 Å². The van der Waals surface area contributed by atoms with Gasteiger partial charge < -0.3 is 21.5 Å². The van der Waals surface area contributed by atoms with E-state index in [1.54, 1.807) is 24.3 Å². The molecule has 1 aliphatic rings. The Morgan fingerprint density at radius 2 is 2.00 bits per heavy atom. The number of para-hydroxylation sites is 1. The number of carbonyl (C=O) groups excluding carboxylic acids is 1. The third-order valence-electron chi connectivity index (χ3n) is 4.46. The zero-order valence-electron chi connectivity index (χ0n) is 13.8. The molecule has 126 valence electrons. The van der Waals surface area contributed by atoms with Crippen molar-refractivity contribution in [3.63, 3.8) is 0 Å². The minimum atomic E-state index is -0.121. The summed E-state index contributed by atoms with van der Waals surface area (Å²) in [6.45, 7) is 3.05. The number of nitrogens with one attached hydrogen (secondary N) is 1. The van der Waals surface area contributed by atoms with E-state index < -0.39 is 0 Å². The number of hydrogen-bond donors (Lipinski definition) is 3. The van der Waals surface area contributed by atoms with Crippen LogP contribution < -0.4 is 21.5 Å². The SMILES string of the molecule is CC(Oc1ccccc1C(=O)c1ccc(N)c(N)c1)C1CCCN1. The van der Waals surface area contributed by atoms with Crippen molar-refractivity contribution in [2.45, 2.75) is 31.9 Å². The first-order chi connectivity index (χ1) is 11.6. The lowest BCUT2D eigenvalue weighted by molar-refractivity contribution is 0.102. The van der Waals surface area contributed by atoms with Crippen molar-refractivity contribution >= 4 is 17.2 Å². The van der Waals surface area contributed by atoms with Gasteiger partial charge in [0.1, 0.15) is 11.9 Å². The highest BCUT2D eigenvalue weighted by molar-refractivity contribution is 6.11. The van der Waals surface area contributed by atoms with Crippen molar-refractivity contribution in [3.05, 3.63) is 53.6 Å². The summed E-state index contributed by atoms with van der Waals surface area (Å²) >= 11 is 0. The van der Waals surface area contributed by atoms with Crippen LogP contribution in [0.25, 0.3) is 0 Å². The van der Waals surface area contributed by atoms with Crippen molar-refractivity contribution in [1.82, 2.24) is 5.32 Å². The smallest absolute Gasteiger partial charge is 0.196 e. The molecule has 5 nitrogen and oxygen atoms in total.